The van der Waals surface area contributed by atoms with Crippen molar-refractivity contribution in [2.45, 2.75) is 27.2 Å². The van der Waals surface area contributed by atoms with Crippen LogP contribution in [0.5, 0.6) is 0 Å². The summed E-state index contributed by atoms with van der Waals surface area (Å²) in [5.74, 6) is 0.373. The Hall–Kier alpha value is -2.16. The maximum absolute atomic E-state index is 12.2. The van der Waals surface area contributed by atoms with E-state index in [-0.39, 0.29) is 5.91 Å². The first kappa shape index (κ1) is 14.3. The molecular formula is C17H20N2O. The van der Waals surface area contributed by atoms with Gasteiger partial charge in [0.25, 0.3) is 5.91 Å². The minimum absolute atomic E-state index is 0.162. The summed E-state index contributed by atoms with van der Waals surface area (Å²) in [7, 11) is 0. The van der Waals surface area contributed by atoms with Crippen molar-refractivity contribution < 1.29 is 4.79 Å². The van der Waals surface area contributed by atoms with Crippen LogP contribution in [0.15, 0.2) is 47.6 Å². The van der Waals surface area contributed by atoms with Crippen LogP contribution in [-0.2, 0) is 0 Å². The lowest BCUT2D eigenvalue weighted by Crippen LogP contribution is -2.19. The first-order valence-electron chi connectivity index (χ1n) is 6.89. The number of carbonyl (C=O) groups is 1. The summed E-state index contributed by atoms with van der Waals surface area (Å²) in [6.45, 7) is 6.19. The number of fused-ring (bicyclic) bond motifs is 1. The minimum Gasteiger partial charge on any atom is -0.267 e. The van der Waals surface area contributed by atoms with E-state index in [9.17, 15) is 4.79 Å². The van der Waals surface area contributed by atoms with Gasteiger partial charge in [-0.2, -0.15) is 5.10 Å². The summed E-state index contributed by atoms with van der Waals surface area (Å²) in [5.41, 5.74) is 4.24. The van der Waals surface area contributed by atoms with Crippen molar-refractivity contribution in [3.05, 3.63) is 48.0 Å². The lowest BCUT2D eigenvalue weighted by atomic mass is 10.0. The van der Waals surface area contributed by atoms with Gasteiger partial charge in [0.05, 0.1) is 0 Å². The Morgan fingerprint density at radius 1 is 1.15 bits per heavy atom. The number of amides is 1. The van der Waals surface area contributed by atoms with Crippen molar-refractivity contribution in [1.29, 1.82) is 0 Å². The van der Waals surface area contributed by atoms with Crippen LogP contribution in [-0.4, -0.2) is 11.6 Å². The molecular weight excluding hydrogens is 248 g/mol. The van der Waals surface area contributed by atoms with Crippen molar-refractivity contribution >= 4 is 22.4 Å². The molecule has 0 saturated heterocycles. The number of nitrogens with zero attached hydrogens (tertiary/aromatic N) is 1. The number of hydrazone groups is 1. The Balaban J connectivity index is 2.20. The molecule has 3 nitrogen and oxygen atoms in total. The van der Waals surface area contributed by atoms with Crippen LogP contribution in [0, 0.1) is 5.92 Å². The zero-order chi connectivity index (χ0) is 14.5. The van der Waals surface area contributed by atoms with E-state index in [0.29, 0.717) is 11.5 Å². The Bertz CT molecular complexity index is 639. The molecule has 1 N–H and O–H groups in total. The molecule has 2 aromatic carbocycles. The lowest BCUT2D eigenvalue weighted by Gasteiger charge is -2.07. The van der Waals surface area contributed by atoms with Gasteiger partial charge in [0, 0.05) is 11.3 Å². The molecule has 0 atom stereocenters. The molecule has 0 aromatic heterocycles. The van der Waals surface area contributed by atoms with Crippen molar-refractivity contribution in [1.82, 2.24) is 5.43 Å². The fourth-order valence-corrected chi connectivity index (χ4v) is 2.27. The van der Waals surface area contributed by atoms with E-state index < -0.39 is 0 Å². The lowest BCUT2D eigenvalue weighted by molar-refractivity contribution is 0.0956. The highest BCUT2D eigenvalue weighted by atomic mass is 16.2. The molecule has 3 heteroatoms. The SMILES string of the molecule is C/C(CC(C)C)=N\NC(=O)c1cccc2ccccc12. The molecule has 0 heterocycles. The van der Waals surface area contributed by atoms with Gasteiger partial charge in [-0.15, -0.1) is 0 Å². The summed E-state index contributed by atoms with van der Waals surface area (Å²) < 4.78 is 0. The van der Waals surface area contributed by atoms with E-state index in [1.165, 1.54) is 0 Å². The van der Waals surface area contributed by atoms with Gasteiger partial charge < -0.3 is 0 Å². The molecule has 0 radical (unpaired) electrons. The summed E-state index contributed by atoms with van der Waals surface area (Å²) in [5, 5.41) is 6.17. The number of rotatable bonds is 4. The van der Waals surface area contributed by atoms with Crippen LogP contribution in [0.25, 0.3) is 10.8 Å². The monoisotopic (exact) mass is 268 g/mol. The highest BCUT2D eigenvalue weighted by Gasteiger charge is 2.08. The maximum atomic E-state index is 12.2. The van der Waals surface area contributed by atoms with E-state index in [2.05, 4.69) is 24.4 Å². The van der Waals surface area contributed by atoms with E-state index in [0.717, 1.165) is 22.9 Å². The second-order valence-electron chi connectivity index (χ2n) is 5.41. The van der Waals surface area contributed by atoms with Crippen LogP contribution in [0.1, 0.15) is 37.6 Å². The Labute approximate surface area is 119 Å². The van der Waals surface area contributed by atoms with Crippen LogP contribution in [0.2, 0.25) is 0 Å². The van der Waals surface area contributed by atoms with Gasteiger partial charge in [-0.1, -0.05) is 50.2 Å². The normalized spacial score (nSPS) is 11.9. The number of nitrogens with one attached hydrogen (secondary N) is 1. The van der Waals surface area contributed by atoms with Crippen molar-refractivity contribution in [2.75, 3.05) is 0 Å². The molecule has 2 aromatic rings. The molecule has 0 fully saturated rings. The van der Waals surface area contributed by atoms with E-state index >= 15 is 0 Å². The predicted octanol–water partition coefficient (Wildman–Crippen LogP) is 3.99. The molecule has 0 spiro atoms. The summed E-state index contributed by atoms with van der Waals surface area (Å²) in [6.07, 6.45) is 0.885. The molecule has 20 heavy (non-hydrogen) atoms. The van der Waals surface area contributed by atoms with Gasteiger partial charge in [0.15, 0.2) is 0 Å². The second kappa shape index (κ2) is 6.33. The van der Waals surface area contributed by atoms with E-state index in [4.69, 9.17) is 0 Å². The third kappa shape index (κ3) is 3.44. The topological polar surface area (TPSA) is 41.5 Å². The van der Waals surface area contributed by atoms with Gasteiger partial charge in [-0.25, -0.2) is 5.43 Å². The second-order valence-corrected chi connectivity index (χ2v) is 5.41. The molecule has 0 saturated carbocycles. The number of benzene rings is 2. The molecule has 0 bridgehead atoms. The van der Waals surface area contributed by atoms with Crippen molar-refractivity contribution in [3.8, 4) is 0 Å². The minimum atomic E-state index is -0.162. The quantitative estimate of drug-likeness (QED) is 0.661. The Morgan fingerprint density at radius 2 is 1.85 bits per heavy atom. The van der Waals surface area contributed by atoms with Gasteiger partial charge >= 0.3 is 0 Å². The van der Waals surface area contributed by atoms with Gasteiger partial charge in [0.1, 0.15) is 0 Å². The molecule has 0 aliphatic carbocycles. The number of carbonyl (C=O) groups excluding carboxylic acids is 1. The highest BCUT2D eigenvalue weighted by Crippen LogP contribution is 2.18. The third-order valence-electron chi connectivity index (χ3n) is 3.09. The van der Waals surface area contributed by atoms with Gasteiger partial charge in [-0.3, -0.25) is 4.79 Å². The predicted molar refractivity (Wildman–Crippen MR) is 84.0 cm³/mol. The Kier molecular flexibility index (Phi) is 4.51. The average molecular weight is 268 g/mol. The molecule has 104 valence electrons. The van der Waals surface area contributed by atoms with Crippen LogP contribution in [0.4, 0.5) is 0 Å². The fourth-order valence-electron chi connectivity index (χ4n) is 2.27. The molecule has 0 unspecified atom stereocenters. The molecule has 2 rings (SSSR count). The van der Waals surface area contributed by atoms with Crippen molar-refractivity contribution in [3.63, 3.8) is 0 Å². The Morgan fingerprint density at radius 3 is 2.60 bits per heavy atom. The van der Waals surface area contributed by atoms with Gasteiger partial charge in [-0.05, 0) is 36.1 Å². The first-order valence-corrected chi connectivity index (χ1v) is 6.89. The molecule has 0 aliphatic rings. The third-order valence-corrected chi connectivity index (χ3v) is 3.09. The van der Waals surface area contributed by atoms with E-state index in [1.807, 2.05) is 49.4 Å². The zero-order valence-corrected chi connectivity index (χ0v) is 12.2. The standard InChI is InChI=1S/C17H20N2O/c1-12(2)11-13(3)18-19-17(20)16-10-6-8-14-7-4-5-9-15(14)16/h4-10,12H,11H2,1-3H3,(H,19,20)/b18-13+. The number of hydrogen-bond donors (Lipinski definition) is 1. The zero-order valence-electron chi connectivity index (χ0n) is 12.2. The largest absolute Gasteiger partial charge is 0.271 e. The average Bonchev–Trinajstić information content (AvgIpc) is 2.43. The van der Waals surface area contributed by atoms with E-state index in [1.54, 1.807) is 0 Å². The van der Waals surface area contributed by atoms with Crippen LogP contribution >= 0.6 is 0 Å². The van der Waals surface area contributed by atoms with Crippen molar-refractivity contribution in [2.24, 2.45) is 11.0 Å². The van der Waals surface area contributed by atoms with Crippen LogP contribution in [0.3, 0.4) is 0 Å². The highest BCUT2D eigenvalue weighted by molar-refractivity contribution is 6.07. The summed E-state index contributed by atoms with van der Waals surface area (Å²) in [4.78, 5) is 12.2. The molecule has 1 amide bonds. The smallest absolute Gasteiger partial charge is 0.267 e. The van der Waals surface area contributed by atoms with Crippen LogP contribution < -0.4 is 5.43 Å². The molecule has 0 aliphatic heterocycles. The number of hydrogen-bond acceptors (Lipinski definition) is 2. The first-order chi connectivity index (χ1) is 9.58. The summed E-state index contributed by atoms with van der Waals surface area (Å²) in [6, 6.07) is 13.6. The summed E-state index contributed by atoms with van der Waals surface area (Å²) >= 11 is 0. The fraction of sp³-hybridized carbons (Fsp3) is 0.294. The van der Waals surface area contributed by atoms with Gasteiger partial charge in [0.2, 0.25) is 0 Å². The maximum Gasteiger partial charge on any atom is 0.271 e.